The lowest BCUT2D eigenvalue weighted by Gasteiger charge is -2.18. The van der Waals surface area contributed by atoms with Crippen LogP contribution in [-0.4, -0.2) is 38.2 Å². The van der Waals surface area contributed by atoms with E-state index in [9.17, 15) is 9.59 Å². The number of likely N-dealkylation sites (N-methyl/N-ethyl adjacent to an activating group) is 1. The van der Waals surface area contributed by atoms with E-state index in [1.54, 1.807) is 27.0 Å². The first-order valence-electron chi connectivity index (χ1n) is 6.87. The molecule has 0 aromatic heterocycles. The van der Waals surface area contributed by atoms with Crippen LogP contribution >= 0.6 is 15.9 Å². The van der Waals surface area contributed by atoms with Crippen molar-refractivity contribution in [1.82, 2.24) is 10.6 Å². The second-order valence-electron chi connectivity index (χ2n) is 4.75. The number of hydrogen-bond acceptors (Lipinski definition) is 5. The van der Waals surface area contributed by atoms with Crippen molar-refractivity contribution in [2.24, 2.45) is 0 Å². The van der Waals surface area contributed by atoms with Crippen LogP contribution in [0.2, 0.25) is 0 Å². The molecule has 122 valence electrons. The van der Waals surface area contributed by atoms with Crippen molar-refractivity contribution in [3.05, 3.63) is 28.2 Å². The topological polar surface area (TPSA) is 76.7 Å². The first-order chi connectivity index (χ1) is 10.4. The minimum atomic E-state index is -0.608. The first kappa shape index (κ1) is 18.4. The molecule has 22 heavy (non-hydrogen) atoms. The van der Waals surface area contributed by atoms with Crippen LogP contribution in [0, 0.1) is 0 Å². The molecular formula is C15H21BrN2O4. The number of carbonyl (C=O) groups is 2. The van der Waals surface area contributed by atoms with Gasteiger partial charge < -0.3 is 20.1 Å². The Kier molecular flexibility index (Phi) is 7.34. The summed E-state index contributed by atoms with van der Waals surface area (Å²) < 4.78 is 11.2. The first-order valence-corrected chi connectivity index (χ1v) is 7.66. The number of esters is 1. The summed E-state index contributed by atoms with van der Waals surface area (Å²) in [6, 6.07) is 5.05. The SMILES string of the molecule is CNC(=O)C(C)Oc1ccc(Br)cc1CNC(C)C(=O)OC. The number of nitrogens with one attached hydrogen (secondary N) is 2. The van der Waals surface area contributed by atoms with Gasteiger partial charge in [0.2, 0.25) is 0 Å². The molecule has 0 aliphatic rings. The highest BCUT2D eigenvalue weighted by Gasteiger charge is 2.17. The molecule has 0 bridgehead atoms. The smallest absolute Gasteiger partial charge is 0.322 e. The van der Waals surface area contributed by atoms with Crippen LogP contribution in [0.4, 0.5) is 0 Å². The van der Waals surface area contributed by atoms with Crippen molar-refractivity contribution >= 4 is 27.8 Å². The molecule has 6 nitrogen and oxygen atoms in total. The van der Waals surface area contributed by atoms with Gasteiger partial charge >= 0.3 is 5.97 Å². The van der Waals surface area contributed by atoms with Gasteiger partial charge in [0.1, 0.15) is 11.8 Å². The number of ether oxygens (including phenoxy) is 2. The van der Waals surface area contributed by atoms with E-state index in [0.29, 0.717) is 12.3 Å². The van der Waals surface area contributed by atoms with Crippen molar-refractivity contribution in [2.45, 2.75) is 32.5 Å². The van der Waals surface area contributed by atoms with Crippen molar-refractivity contribution < 1.29 is 19.1 Å². The van der Waals surface area contributed by atoms with E-state index in [4.69, 9.17) is 4.74 Å². The van der Waals surface area contributed by atoms with E-state index in [0.717, 1.165) is 10.0 Å². The van der Waals surface area contributed by atoms with Gasteiger partial charge in [-0.1, -0.05) is 15.9 Å². The third-order valence-electron chi connectivity index (χ3n) is 3.10. The highest BCUT2D eigenvalue weighted by Crippen LogP contribution is 2.24. The Balaban J connectivity index is 2.82. The van der Waals surface area contributed by atoms with E-state index in [1.807, 2.05) is 12.1 Å². The zero-order chi connectivity index (χ0) is 16.7. The van der Waals surface area contributed by atoms with E-state index < -0.39 is 12.1 Å². The Morgan fingerprint density at radius 3 is 2.59 bits per heavy atom. The summed E-state index contributed by atoms with van der Waals surface area (Å²) in [5.74, 6) is 0.0461. The molecule has 0 radical (unpaired) electrons. The predicted molar refractivity (Wildman–Crippen MR) is 86.6 cm³/mol. The summed E-state index contributed by atoms with van der Waals surface area (Å²) in [6.45, 7) is 3.80. The number of benzene rings is 1. The van der Waals surface area contributed by atoms with Gasteiger partial charge in [-0.05, 0) is 32.0 Å². The third kappa shape index (κ3) is 5.31. The zero-order valence-corrected chi connectivity index (χ0v) is 14.7. The summed E-state index contributed by atoms with van der Waals surface area (Å²) in [6.07, 6.45) is -0.608. The maximum atomic E-state index is 11.6. The van der Waals surface area contributed by atoms with Crippen molar-refractivity contribution in [3.63, 3.8) is 0 Å². The Morgan fingerprint density at radius 1 is 1.32 bits per heavy atom. The second kappa shape index (κ2) is 8.75. The van der Waals surface area contributed by atoms with Crippen LogP contribution in [0.3, 0.4) is 0 Å². The summed E-state index contributed by atoms with van der Waals surface area (Å²) in [4.78, 5) is 23.0. The molecule has 0 spiro atoms. The van der Waals surface area contributed by atoms with Crippen LogP contribution in [0.25, 0.3) is 0 Å². The zero-order valence-electron chi connectivity index (χ0n) is 13.1. The molecule has 0 aliphatic heterocycles. The molecule has 7 heteroatoms. The quantitative estimate of drug-likeness (QED) is 0.711. The maximum absolute atomic E-state index is 11.6. The number of carbonyl (C=O) groups excluding carboxylic acids is 2. The lowest BCUT2D eigenvalue weighted by molar-refractivity contribution is -0.142. The minimum Gasteiger partial charge on any atom is -0.481 e. The van der Waals surface area contributed by atoms with Gasteiger partial charge in [-0.15, -0.1) is 0 Å². The fourth-order valence-electron chi connectivity index (χ4n) is 1.77. The number of halogens is 1. The van der Waals surface area contributed by atoms with Gasteiger partial charge in [0.25, 0.3) is 5.91 Å². The summed E-state index contributed by atoms with van der Waals surface area (Å²) in [5, 5.41) is 5.60. The highest BCUT2D eigenvalue weighted by atomic mass is 79.9. The minimum absolute atomic E-state index is 0.204. The Hall–Kier alpha value is -1.60. The Labute approximate surface area is 138 Å². The molecule has 0 heterocycles. The highest BCUT2D eigenvalue weighted by molar-refractivity contribution is 9.10. The number of rotatable bonds is 7. The molecule has 1 aromatic rings. The predicted octanol–water partition coefficient (Wildman–Crippen LogP) is 1.61. The van der Waals surface area contributed by atoms with Gasteiger partial charge in [-0.3, -0.25) is 9.59 Å². The van der Waals surface area contributed by atoms with Gasteiger partial charge in [0.15, 0.2) is 6.10 Å². The summed E-state index contributed by atoms with van der Waals surface area (Å²) >= 11 is 3.40. The number of amides is 1. The van der Waals surface area contributed by atoms with Crippen LogP contribution in [0.5, 0.6) is 5.75 Å². The molecule has 0 fully saturated rings. The molecular weight excluding hydrogens is 352 g/mol. The molecule has 0 saturated carbocycles. The van der Waals surface area contributed by atoms with Crippen LogP contribution < -0.4 is 15.4 Å². The van der Waals surface area contributed by atoms with Crippen molar-refractivity contribution in [1.29, 1.82) is 0 Å². The van der Waals surface area contributed by atoms with Crippen LogP contribution in [0.15, 0.2) is 22.7 Å². The average molecular weight is 373 g/mol. The molecule has 0 saturated heterocycles. The van der Waals surface area contributed by atoms with Crippen molar-refractivity contribution in [2.75, 3.05) is 14.2 Å². The maximum Gasteiger partial charge on any atom is 0.322 e. The fourth-order valence-corrected chi connectivity index (χ4v) is 2.18. The Morgan fingerprint density at radius 2 is 2.00 bits per heavy atom. The van der Waals surface area contributed by atoms with Crippen LogP contribution in [0.1, 0.15) is 19.4 Å². The summed E-state index contributed by atoms with van der Waals surface area (Å²) in [7, 11) is 2.91. The lowest BCUT2D eigenvalue weighted by Crippen LogP contribution is -2.35. The monoisotopic (exact) mass is 372 g/mol. The lowest BCUT2D eigenvalue weighted by atomic mass is 10.2. The number of methoxy groups -OCH3 is 1. The molecule has 1 amide bonds. The number of hydrogen-bond donors (Lipinski definition) is 2. The third-order valence-corrected chi connectivity index (χ3v) is 3.59. The molecule has 1 rings (SSSR count). The van der Waals surface area contributed by atoms with Crippen molar-refractivity contribution in [3.8, 4) is 5.75 Å². The summed E-state index contributed by atoms with van der Waals surface area (Å²) in [5.41, 5.74) is 0.834. The van der Waals surface area contributed by atoms with E-state index in [-0.39, 0.29) is 11.9 Å². The molecule has 0 aliphatic carbocycles. The van der Waals surface area contributed by atoms with Gasteiger partial charge in [-0.25, -0.2) is 0 Å². The largest absolute Gasteiger partial charge is 0.481 e. The molecule has 2 N–H and O–H groups in total. The molecule has 2 unspecified atom stereocenters. The van der Waals surface area contributed by atoms with E-state index in [1.165, 1.54) is 7.11 Å². The van der Waals surface area contributed by atoms with E-state index >= 15 is 0 Å². The van der Waals surface area contributed by atoms with Gasteiger partial charge in [0.05, 0.1) is 7.11 Å². The van der Waals surface area contributed by atoms with Gasteiger partial charge in [0, 0.05) is 23.6 Å². The van der Waals surface area contributed by atoms with E-state index in [2.05, 4.69) is 31.3 Å². The fraction of sp³-hybridized carbons (Fsp3) is 0.467. The molecule has 2 atom stereocenters. The van der Waals surface area contributed by atoms with Crippen LogP contribution in [-0.2, 0) is 20.9 Å². The van der Waals surface area contributed by atoms with Gasteiger partial charge in [-0.2, -0.15) is 0 Å². The Bertz CT molecular complexity index is 536. The molecule has 1 aromatic carbocycles. The standard InChI is InChI=1S/C15H21BrN2O4/c1-9(15(20)21-4)18-8-11-7-12(16)5-6-13(11)22-10(2)14(19)17-3/h5-7,9-10,18H,8H2,1-4H3,(H,17,19). The average Bonchev–Trinajstić information content (AvgIpc) is 2.52. The normalized spacial score (nSPS) is 13.1. The second-order valence-corrected chi connectivity index (χ2v) is 5.67.